The molecule has 0 saturated carbocycles. The van der Waals surface area contributed by atoms with Crippen LogP contribution in [-0.2, 0) is 4.74 Å². The second-order valence-corrected chi connectivity index (χ2v) is 7.06. The van der Waals surface area contributed by atoms with Gasteiger partial charge in [0.15, 0.2) is 0 Å². The number of H-pyrrole nitrogens is 1. The van der Waals surface area contributed by atoms with Crippen molar-refractivity contribution in [3.05, 3.63) is 66.2 Å². The largest absolute Gasteiger partial charge is 0.462 e. The average molecular weight is 390 g/mol. The number of hydrogen-bond donors (Lipinski definition) is 1. The van der Waals surface area contributed by atoms with Gasteiger partial charge in [-0.2, -0.15) is 0 Å². The number of rotatable bonds is 5. The predicted octanol–water partition coefficient (Wildman–Crippen LogP) is 3.16. The summed E-state index contributed by atoms with van der Waals surface area (Å²) in [4.78, 5) is 26.5. The lowest BCUT2D eigenvalue weighted by Crippen LogP contribution is -2.19. The molecule has 0 unspecified atom stereocenters. The highest BCUT2D eigenvalue weighted by atomic mass is 35.5. The predicted molar refractivity (Wildman–Crippen MR) is 103 cm³/mol. The molecule has 0 bridgehead atoms. The van der Waals surface area contributed by atoms with Gasteiger partial charge in [-0.1, -0.05) is 25.1 Å². The monoisotopic (exact) mass is 389 g/mol. The Bertz CT molecular complexity index is 1110. The van der Waals surface area contributed by atoms with Crippen molar-refractivity contribution >= 4 is 41.6 Å². The molecule has 0 radical (unpaired) electrons. The Labute approximate surface area is 158 Å². The van der Waals surface area contributed by atoms with Gasteiger partial charge in [0.05, 0.1) is 26.4 Å². The highest BCUT2D eigenvalue weighted by Crippen LogP contribution is 2.27. The molecule has 1 aromatic carbocycles. The fraction of sp³-hybridized carbons (Fsp3) is 0.158. The summed E-state index contributed by atoms with van der Waals surface area (Å²) in [5.74, 6) is 0.614. The number of aromatic amines is 1. The van der Waals surface area contributed by atoms with Gasteiger partial charge < -0.3 is 14.1 Å². The lowest BCUT2D eigenvalue weighted by atomic mass is 10.1. The summed E-state index contributed by atoms with van der Waals surface area (Å²) >= 11 is 7.37. The molecule has 0 aliphatic heterocycles. The molecule has 0 aliphatic carbocycles. The van der Waals surface area contributed by atoms with Gasteiger partial charge in [0.25, 0.3) is 5.56 Å². The van der Waals surface area contributed by atoms with Crippen LogP contribution in [0.3, 0.4) is 0 Å². The molecule has 0 fully saturated rings. The van der Waals surface area contributed by atoms with Gasteiger partial charge in [0, 0.05) is 11.6 Å². The van der Waals surface area contributed by atoms with Crippen molar-refractivity contribution in [2.75, 3.05) is 6.61 Å². The van der Waals surface area contributed by atoms with Crippen LogP contribution in [0.1, 0.15) is 29.5 Å². The van der Waals surface area contributed by atoms with Gasteiger partial charge in [-0.05, 0) is 36.8 Å². The van der Waals surface area contributed by atoms with E-state index in [0.29, 0.717) is 37.9 Å². The van der Waals surface area contributed by atoms with Crippen LogP contribution in [0.4, 0.5) is 0 Å². The maximum Gasteiger partial charge on any atom is 0.339 e. The first-order chi connectivity index (χ1) is 12.5. The number of ether oxygens (including phenoxy) is 1. The van der Waals surface area contributed by atoms with Crippen LogP contribution < -0.4 is 14.8 Å². The summed E-state index contributed by atoms with van der Waals surface area (Å²) < 4.78 is 12.0. The fourth-order valence-corrected chi connectivity index (χ4v) is 3.23. The molecule has 0 saturated heterocycles. The van der Waals surface area contributed by atoms with E-state index < -0.39 is 5.97 Å². The number of carbonyl (C=O) groups is 1. The molecule has 7 heteroatoms. The van der Waals surface area contributed by atoms with E-state index >= 15 is 0 Å². The van der Waals surface area contributed by atoms with Crippen LogP contribution in [0.5, 0.6) is 0 Å². The number of carbonyl (C=O) groups excluding carboxylic acids is 1. The Morgan fingerprint density at radius 2 is 2.19 bits per heavy atom. The number of furan rings is 1. The van der Waals surface area contributed by atoms with Crippen molar-refractivity contribution in [3.8, 4) is 11.3 Å². The second-order valence-electron chi connectivity index (χ2n) is 5.52. The van der Waals surface area contributed by atoms with E-state index in [-0.39, 0.29) is 11.1 Å². The normalized spacial score (nSPS) is 11.7. The Balaban J connectivity index is 1.93. The first-order valence-electron chi connectivity index (χ1n) is 7.94. The summed E-state index contributed by atoms with van der Waals surface area (Å²) in [5, 5.41) is 0.321. The molecular weight excluding hydrogens is 374 g/mol. The van der Waals surface area contributed by atoms with Crippen molar-refractivity contribution < 1.29 is 13.9 Å². The number of nitrogens with one attached hydrogen (secondary N) is 1. The lowest BCUT2D eigenvalue weighted by Gasteiger charge is -2.06. The SMILES string of the molecule is C=c1[nH]c(=O)/c(=C/c2ccc(-c3ccc(Cl)c(C(=O)OCCC)c3)o2)s1. The third-order valence-electron chi connectivity index (χ3n) is 3.52. The third-order valence-corrected chi connectivity index (χ3v) is 4.72. The summed E-state index contributed by atoms with van der Waals surface area (Å²) in [7, 11) is 0. The van der Waals surface area contributed by atoms with Crippen molar-refractivity contribution in [1.82, 2.24) is 4.98 Å². The van der Waals surface area contributed by atoms with Gasteiger partial charge in [-0.3, -0.25) is 4.79 Å². The van der Waals surface area contributed by atoms with Gasteiger partial charge in [0.2, 0.25) is 0 Å². The highest BCUT2D eigenvalue weighted by Gasteiger charge is 2.14. The minimum absolute atomic E-state index is 0.203. The lowest BCUT2D eigenvalue weighted by molar-refractivity contribution is 0.0505. The Morgan fingerprint density at radius 3 is 2.88 bits per heavy atom. The molecule has 5 nitrogen and oxygen atoms in total. The maximum absolute atomic E-state index is 12.1. The summed E-state index contributed by atoms with van der Waals surface area (Å²) in [6, 6.07) is 8.54. The number of aromatic nitrogens is 1. The minimum Gasteiger partial charge on any atom is -0.462 e. The van der Waals surface area contributed by atoms with Gasteiger partial charge in [0.1, 0.15) is 11.5 Å². The van der Waals surface area contributed by atoms with Crippen LogP contribution in [0.15, 0.2) is 39.5 Å². The van der Waals surface area contributed by atoms with E-state index in [9.17, 15) is 9.59 Å². The van der Waals surface area contributed by atoms with E-state index in [1.165, 1.54) is 11.3 Å². The average Bonchev–Trinajstić information content (AvgIpc) is 3.20. The Morgan fingerprint density at radius 1 is 1.38 bits per heavy atom. The van der Waals surface area contributed by atoms with Crippen LogP contribution in [0, 0.1) is 0 Å². The third kappa shape index (κ3) is 3.98. The van der Waals surface area contributed by atoms with Crippen molar-refractivity contribution in [2.24, 2.45) is 0 Å². The molecule has 0 amide bonds. The van der Waals surface area contributed by atoms with E-state index in [4.69, 9.17) is 20.8 Å². The summed E-state index contributed by atoms with van der Waals surface area (Å²) in [5.41, 5.74) is 0.775. The van der Waals surface area contributed by atoms with Gasteiger partial charge in [-0.25, -0.2) is 4.79 Å². The molecule has 2 aromatic heterocycles. The van der Waals surface area contributed by atoms with Crippen LogP contribution >= 0.6 is 22.9 Å². The van der Waals surface area contributed by atoms with E-state index in [0.717, 1.165) is 6.42 Å². The zero-order valence-electron chi connectivity index (χ0n) is 14.0. The van der Waals surface area contributed by atoms with Gasteiger partial charge >= 0.3 is 5.97 Å². The first kappa shape index (κ1) is 18.2. The minimum atomic E-state index is -0.467. The van der Waals surface area contributed by atoms with E-state index in [1.54, 1.807) is 36.4 Å². The molecule has 1 N–H and O–H groups in total. The summed E-state index contributed by atoms with van der Waals surface area (Å²) in [6.45, 7) is 5.96. The first-order valence-corrected chi connectivity index (χ1v) is 9.14. The molecule has 0 atom stereocenters. The standard InChI is InChI=1S/C19H16ClNO4S/c1-3-8-24-19(23)14-9-12(4-6-15(14)20)16-7-5-13(25-16)10-17-18(22)21-11(2)26-17/h4-7,9-10H,2-3,8H2,1H3,(H,21,22)/b17-10-. The number of thiazole rings is 1. The Hall–Kier alpha value is -2.57. The molecule has 2 heterocycles. The van der Waals surface area contributed by atoms with Crippen molar-refractivity contribution in [1.29, 1.82) is 0 Å². The topological polar surface area (TPSA) is 72.3 Å². The van der Waals surface area contributed by atoms with Crippen molar-refractivity contribution in [2.45, 2.75) is 13.3 Å². The molecule has 134 valence electrons. The maximum atomic E-state index is 12.1. The molecule has 0 spiro atoms. The van der Waals surface area contributed by atoms with Crippen LogP contribution in [0.2, 0.25) is 5.02 Å². The molecular formula is C19H16ClNO4S. The zero-order valence-corrected chi connectivity index (χ0v) is 15.6. The van der Waals surface area contributed by atoms with Gasteiger partial charge in [-0.15, -0.1) is 11.3 Å². The molecule has 26 heavy (non-hydrogen) atoms. The number of benzene rings is 1. The molecule has 0 aliphatic rings. The smallest absolute Gasteiger partial charge is 0.339 e. The number of hydrogen-bond acceptors (Lipinski definition) is 5. The van der Waals surface area contributed by atoms with E-state index in [2.05, 4.69) is 11.6 Å². The number of esters is 1. The molecule has 3 rings (SSSR count). The zero-order chi connectivity index (χ0) is 18.7. The highest BCUT2D eigenvalue weighted by molar-refractivity contribution is 7.07. The Kier molecular flexibility index (Phi) is 5.44. The van der Waals surface area contributed by atoms with Crippen LogP contribution in [-0.4, -0.2) is 17.6 Å². The quantitative estimate of drug-likeness (QED) is 0.680. The fourth-order valence-electron chi connectivity index (χ4n) is 2.31. The number of halogens is 1. The molecule has 3 aromatic rings. The van der Waals surface area contributed by atoms with Crippen LogP contribution in [0.25, 0.3) is 24.0 Å². The summed E-state index contributed by atoms with van der Waals surface area (Å²) in [6.07, 6.45) is 2.38. The second kappa shape index (κ2) is 7.76. The van der Waals surface area contributed by atoms with Crippen molar-refractivity contribution in [3.63, 3.8) is 0 Å². The van der Waals surface area contributed by atoms with E-state index in [1.807, 2.05) is 6.92 Å².